The number of carboxylic acid groups (broad SMARTS) is 1. The van der Waals surface area contributed by atoms with E-state index in [2.05, 4.69) is 31.6 Å². The first-order chi connectivity index (χ1) is 35.5. The highest BCUT2D eigenvalue weighted by Crippen LogP contribution is 2.33. The molecule has 1 aromatic carbocycles. The number of benzene rings is 1. The molecule has 1 aromatic heterocycles. The number of unbranched alkanes of at least 4 members (excludes halogenated alkanes) is 3. The Morgan fingerprint density at radius 2 is 1.52 bits per heavy atom. The van der Waals surface area contributed by atoms with E-state index >= 15 is 0 Å². The third-order valence-corrected chi connectivity index (χ3v) is 15.3. The number of aliphatic hydroxyl groups is 2. The van der Waals surface area contributed by atoms with Gasteiger partial charge in [-0.25, -0.2) is 0 Å². The highest BCUT2D eigenvalue weighted by atomic mass is 32.2. The normalized spacial score (nSPS) is 26.1. The molecule has 0 saturated carbocycles. The smallest absolute Gasteiger partial charge is 0.305 e. The number of ketones is 2. The Kier molecular flexibility index (Phi) is 21.4. The van der Waals surface area contributed by atoms with Crippen LogP contribution in [0.5, 0.6) is 5.75 Å². The second-order valence-corrected chi connectivity index (χ2v) is 21.0. The van der Waals surface area contributed by atoms with Gasteiger partial charge in [-0.05, 0) is 42.9 Å². The standard InChI is InChI=1S/C49H68N8O17S/c1-4-24(2)43-47(71)52-19-39(64)53-33-23-75(73)48-31(30-12-11-28(58)17-32(30)54-48)13-26(45(69)51-20-40(65)55-43)14-36(61)44(25(3)37(62)22-74-42(68)10-8-6-5-7-9-41(66)67)56-46(70)34-18-29(59)21-57(34)49(72)27(15-35(33)60)16-38(50)63/h11-12,17,24-27,29,33-34,37,43-44,54,58-59,62H,4-10,13-16,18-23H2,1-3H3,(H2,50,63)(H,51,69)(H,52,71)(H,53,64)(H,55,65)(H,56,70)(H,66,67)/t24-,25-,26-,27-,29?,33?,34-,37-,43-,44-,75+/m0/s1. The number of ether oxygens (including phenoxy) is 1. The van der Waals surface area contributed by atoms with Crippen LogP contribution in [0.4, 0.5) is 0 Å². The maximum atomic E-state index is 15.0. The van der Waals surface area contributed by atoms with Gasteiger partial charge in [0.2, 0.25) is 41.4 Å². The number of hydrogen-bond donors (Lipinski definition) is 11. The SMILES string of the molecule is CC[C@H](C)[C@@H]1NC(=O)CNC(=O)[C@@H]2CC(=O)[C@H]([C@@H](C)[C@@H](O)COC(=O)CCCCCCC(=O)O)NC(=O)[C@@H]3CC(O)CN3C(=O)[C@H](CC(N)=O)CC(=O)C(C[S@@](=O)c3[nH]c4cc(O)ccc4c3C2)NC(=O)CNC1=O. The number of hydrogen-bond acceptors (Lipinski definition) is 16. The van der Waals surface area contributed by atoms with Crippen LogP contribution in [-0.2, 0) is 74.7 Å². The highest BCUT2D eigenvalue weighted by molar-refractivity contribution is 7.85. The number of Topliss-reactive ketones (excluding diaryl/α,β-unsaturated/α-hetero) is 2. The summed E-state index contributed by atoms with van der Waals surface area (Å²) < 4.78 is 20.1. The minimum absolute atomic E-state index is 0.0289. The molecule has 1 fully saturated rings. The summed E-state index contributed by atoms with van der Waals surface area (Å²) in [4.78, 5) is 154. The van der Waals surface area contributed by atoms with Crippen LogP contribution in [0.1, 0.15) is 97.0 Å². The van der Waals surface area contributed by atoms with Crippen molar-refractivity contribution in [3.8, 4) is 5.75 Å². The number of phenolic OH excluding ortho intramolecular Hbond substituents is 1. The van der Waals surface area contributed by atoms with Crippen molar-refractivity contribution in [2.45, 2.75) is 139 Å². The van der Waals surface area contributed by atoms with Gasteiger partial charge in [-0.2, -0.15) is 0 Å². The number of H-pyrrole nitrogens is 1. The third kappa shape index (κ3) is 16.3. The summed E-state index contributed by atoms with van der Waals surface area (Å²) in [5.41, 5.74) is 5.89. The minimum atomic E-state index is -2.36. The average molecular weight is 1070 g/mol. The molecule has 7 amide bonds. The number of carbonyl (C=O) groups excluding carboxylic acids is 10. The molecule has 1 saturated heterocycles. The number of amides is 7. The Hall–Kier alpha value is -6.80. The number of aliphatic carboxylic acids is 1. The van der Waals surface area contributed by atoms with Crippen molar-refractivity contribution in [2.75, 3.05) is 32.0 Å². The Bertz CT molecular complexity index is 2540. The molecule has 26 heteroatoms. The Balaban J connectivity index is 1.64. The molecule has 4 heterocycles. The lowest BCUT2D eigenvalue weighted by atomic mass is 9.85. The van der Waals surface area contributed by atoms with Crippen LogP contribution in [0.3, 0.4) is 0 Å². The molecule has 0 radical (unpaired) electrons. The molecular formula is C49H68N8O17S. The summed E-state index contributed by atoms with van der Waals surface area (Å²) in [7, 11) is -2.36. The maximum absolute atomic E-state index is 15.0. The molecule has 0 aliphatic carbocycles. The zero-order chi connectivity index (χ0) is 55.3. The van der Waals surface area contributed by atoms with E-state index in [0.29, 0.717) is 32.1 Å². The van der Waals surface area contributed by atoms with Gasteiger partial charge in [0, 0.05) is 68.4 Å². The van der Waals surface area contributed by atoms with Crippen LogP contribution in [0.25, 0.3) is 10.9 Å². The van der Waals surface area contributed by atoms with E-state index in [9.17, 15) is 72.3 Å². The van der Waals surface area contributed by atoms with Crippen LogP contribution in [-0.4, -0.2) is 168 Å². The molecule has 2 aromatic rings. The van der Waals surface area contributed by atoms with Crippen molar-refractivity contribution in [2.24, 2.45) is 29.4 Å². The predicted octanol–water partition coefficient (Wildman–Crippen LogP) is -1.76. The molecule has 75 heavy (non-hydrogen) atoms. The number of phenols is 1. The van der Waals surface area contributed by atoms with E-state index in [4.69, 9.17) is 15.6 Å². The van der Waals surface area contributed by atoms with E-state index in [-0.39, 0.29) is 40.1 Å². The molecule has 2 unspecified atom stereocenters. The number of carbonyl (C=O) groups is 11. The lowest BCUT2D eigenvalue weighted by Crippen LogP contribution is -2.56. The van der Waals surface area contributed by atoms with Crippen molar-refractivity contribution in [3.05, 3.63) is 23.8 Å². The fourth-order valence-electron chi connectivity index (χ4n) is 9.39. The van der Waals surface area contributed by atoms with Crippen molar-refractivity contribution < 1.29 is 82.1 Å². The Morgan fingerprint density at radius 1 is 0.853 bits per heavy atom. The van der Waals surface area contributed by atoms with Crippen molar-refractivity contribution >= 4 is 86.6 Å². The van der Waals surface area contributed by atoms with Crippen LogP contribution in [0.2, 0.25) is 0 Å². The summed E-state index contributed by atoms with van der Waals surface area (Å²) in [5.74, 6) is -16.1. The van der Waals surface area contributed by atoms with E-state index in [0.717, 1.165) is 4.90 Å². The van der Waals surface area contributed by atoms with Gasteiger partial charge < -0.3 is 67.4 Å². The molecule has 2 bridgehead atoms. The van der Waals surface area contributed by atoms with Crippen LogP contribution < -0.4 is 32.3 Å². The van der Waals surface area contributed by atoms with Gasteiger partial charge in [-0.15, -0.1) is 0 Å². The largest absolute Gasteiger partial charge is 0.508 e. The summed E-state index contributed by atoms with van der Waals surface area (Å²) in [5, 5.41) is 54.4. The summed E-state index contributed by atoms with van der Waals surface area (Å²) >= 11 is 0. The zero-order valence-electron chi connectivity index (χ0n) is 42.1. The number of nitrogens with zero attached hydrogens (tertiary/aromatic N) is 1. The van der Waals surface area contributed by atoms with E-state index in [1.165, 1.54) is 25.1 Å². The first-order valence-corrected chi connectivity index (χ1v) is 26.3. The number of esters is 1. The Labute approximate surface area is 434 Å². The van der Waals surface area contributed by atoms with Crippen molar-refractivity contribution in [1.82, 2.24) is 36.5 Å². The molecule has 3 aliphatic rings. The number of nitrogens with two attached hydrogens (primary N) is 1. The van der Waals surface area contributed by atoms with Gasteiger partial charge in [-0.1, -0.05) is 40.0 Å². The van der Waals surface area contributed by atoms with Crippen LogP contribution in [0.15, 0.2) is 23.2 Å². The number of primary amides is 1. The van der Waals surface area contributed by atoms with Gasteiger partial charge >= 0.3 is 11.9 Å². The van der Waals surface area contributed by atoms with E-state index in [1.807, 2.05) is 0 Å². The highest BCUT2D eigenvalue weighted by Gasteiger charge is 2.45. The van der Waals surface area contributed by atoms with Gasteiger partial charge in [0.05, 0.1) is 65.4 Å². The monoisotopic (exact) mass is 1070 g/mol. The van der Waals surface area contributed by atoms with Gasteiger partial charge in [0.25, 0.3) is 0 Å². The average Bonchev–Trinajstić information content (AvgIpc) is 3.93. The molecule has 5 rings (SSSR count). The number of carboxylic acids is 1. The number of rotatable bonds is 15. The summed E-state index contributed by atoms with van der Waals surface area (Å²) in [6.45, 7) is 2.07. The summed E-state index contributed by atoms with van der Waals surface area (Å²) in [6.07, 6.45) is -4.20. The maximum Gasteiger partial charge on any atom is 0.305 e. The molecule has 3 aliphatic heterocycles. The number of aromatic amines is 1. The second-order valence-electron chi connectivity index (χ2n) is 19.6. The first-order valence-electron chi connectivity index (χ1n) is 25.0. The number of aromatic nitrogens is 1. The zero-order valence-corrected chi connectivity index (χ0v) is 42.9. The fraction of sp³-hybridized carbons (Fsp3) is 0.612. The first kappa shape index (κ1) is 59.1. The Morgan fingerprint density at radius 3 is 2.19 bits per heavy atom. The summed E-state index contributed by atoms with van der Waals surface area (Å²) in [6, 6.07) is -2.26. The van der Waals surface area contributed by atoms with Crippen molar-refractivity contribution in [3.63, 3.8) is 0 Å². The lowest BCUT2D eigenvalue weighted by Gasteiger charge is -2.32. The third-order valence-electron chi connectivity index (χ3n) is 13.9. The van der Waals surface area contributed by atoms with Gasteiger partial charge in [0.15, 0.2) is 11.6 Å². The van der Waals surface area contributed by atoms with Gasteiger partial charge in [0.1, 0.15) is 29.5 Å². The molecule has 12 N–H and O–H groups in total. The molecule has 11 atom stereocenters. The van der Waals surface area contributed by atoms with Crippen LogP contribution in [0, 0.1) is 23.7 Å². The quantitative estimate of drug-likeness (QED) is 0.0695. The number of nitrogens with one attached hydrogen (secondary N) is 6. The molecule has 412 valence electrons. The van der Waals surface area contributed by atoms with Crippen molar-refractivity contribution in [1.29, 1.82) is 0 Å². The molecular weight excluding hydrogens is 1000 g/mol. The molecule has 25 nitrogen and oxygen atoms in total. The minimum Gasteiger partial charge on any atom is -0.508 e. The predicted molar refractivity (Wildman–Crippen MR) is 264 cm³/mol. The fourth-order valence-corrected chi connectivity index (χ4v) is 10.8. The second kappa shape index (κ2) is 27.1. The van der Waals surface area contributed by atoms with Gasteiger partial charge in [-0.3, -0.25) is 56.9 Å². The number of aromatic hydroxyl groups is 1. The van der Waals surface area contributed by atoms with Crippen LogP contribution >= 0.6 is 0 Å². The van der Waals surface area contributed by atoms with E-state index in [1.54, 1.807) is 13.8 Å². The molecule has 0 spiro atoms. The topological polar surface area (TPSA) is 400 Å². The van der Waals surface area contributed by atoms with E-state index < -0.39 is 200 Å². The lowest BCUT2D eigenvalue weighted by molar-refractivity contribution is -0.149. The number of fused-ring (bicyclic) bond motifs is 5. The number of aliphatic hydroxyl groups excluding tert-OH is 2.